The smallest absolute Gasteiger partial charge is 0.225 e. The van der Waals surface area contributed by atoms with Crippen molar-refractivity contribution in [3.63, 3.8) is 0 Å². The minimum absolute atomic E-state index is 0.129. The minimum atomic E-state index is 0.129. The molecule has 0 spiro atoms. The molecule has 8 heteroatoms. The van der Waals surface area contributed by atoms with E-state index < -0.39 is 0 Å². The summed E-state index contributed by atoms with van der Waals surface area (Å²) in [5, 5.41) is 4.40. The maximum absolute atomic E-state index is 12.7. The Morgan fingerprint density at radius 2 is 1.85 bits per heavy atom. The van der Waals surface area contributed by atoms with Gasteiger partial charge in [-0.3, -0.25) is 4.79 Å². The van der Waals surface area contributed by atoms with Gasteiger partial charge in [0.25, 0.3) is 0 Å². The molecule has 138 valence electrons. The predicted octanol–water partition coefficient (Wildman–Crippen LogP) is 1.05. The van der Waals surface area contributed by atoms with Crippen LogP contribution in [0.15, 0.2) is 24.7 Å². The summed E-state index contributed by atoms with van der Waals surface area (Å²) in [4.78, 5) is 25.6. The fourth-order valence-corrected chi connectivity index (χ4v) is 3.54. The van der Waals surface area contributed by atoms with Gasteiger partial charge in [-0.25, -0.2) is 14.6 Å². The Labute approximate surface area is 152 Å². The molecule has 0 radical (unpaired) electrons. The van der Waals surface area contributed by atoms with Crippen LogP contribution in [0.25, 0.3) is 5.82 Å². The predicted molar refractivity (Wildman–Crippen MR) is 96.2 cm³/mol. The molecule has 0 unspecified atom stereocenters. The standard InChI is InChI=1S/C18H24N6O2/c1-14-2-5-24(21-14)17-12-16(19-13-20-17)22-6-8-23(9-7-22)18(25)15-3-10-26-11-4-15/h2,5,12-13,15H,3-4,6-11H2,1H3. The van der Waals surface area contributed by atoms with Crippen LogP contribution >= 0.6 is 0 Å². The molecule has 0 atom stereocenters. The molecule has 2 aliphatic rings. The van der Waals surface area contributed by atoms with E-state index >= 15 is 0 Å². The van der Waals surface area contributed by atoms with Crippen LogP contribution in [-0.2, 0) is 9.53 Å². The fourth-order valence-electron chi connectivity index (χ4n) is 3.54. The largest absolute Gasteiger partial charge is 0.381 e. The number of amides is 1. The van der Waals surface area contributed by atoms with Crippen molar-refractivity contribution < 1.29 is 9.53 Å². The van der Waals surface area contributed by atoms with Gasteiger partial charge in [0.15, 0.2) is 5.82 Å². The topological polar surface area (TPSA) is 76.4 Å². The molecule has 4 heterocycles. The first kappa shape index (κ1) is 17.0. The van der Waals surface area contributed by atoms with Gasteiger partial charge < -0.3 is 14.5 Å². The van der Waals surface area contributed by atoms with E-state index in [0.29, 0.717) is 13.2 Å². The summed E-state index contributed by atoms with van der Waals surface area (Å²) in [5.41, 5.74) is 0.949. The molecular weight excluding hydrogens is 332 g/mol. The molecule has 2 fully saturated rings. The molecule has 0 aliphatic carbocycles. The number of nitrogens with zero attached hydrogens (tertiary/aromatic N) is 6. The average molecular weight is 356 g/mol. The van der Waals surface area contributed by atoms with E-state index in [0.717, 1.165) is 56.4 Å². The van der Waals surface area contributed by atoms with Gasteiger partial charge >= 0.3 is 0 Å². The van der Waals surface area contributed by atoms with E-state index in [-0.39, 0.29) is 11.8 Å². The van der Waals surface area contributed by atoms with Crippen molar-refractivity contribution in [1.29, 1.82) is 0 Å². The van der Waals surface area contributed by atoms with E-state index in [9.17, 15) is 4.79 Å². The van der Waals surface area contributed by atoms with Crippen molar-refractivity contribution in [2.75, 3.05) is 44.3 Å². The molecule has 1 amide bonds. The van der Waals surface area contributed by atoms with Gasteiger partial charge in [0, 0.05) is 57.6 Å². The highest BCUT2D eigenvalue weighted by Crippen LogP contribution is 2.20. The zero-order chi connectivity index (χ0) is 17.9. The first-order valence-electron chi connectivity index (χ1n) is 9.17. The molecule has 2 aromatic rings. The van der Waals surface area contributed by atoms with E-state index in [1.54, 1.807) is 11.0 Å². The Balaban J connectivity index is 1.39. The summed E-state index contributed by atoms with van der Waals surface area (Å²) in [6.07, 6.45) is 5.16. The van der Waals surface area contributed by atoms with E-state index in [2.05, 4.69) is 20.0 Å². The fraction of sp³-hybridized carbons (Fsp3) is 0.556. The molecule has 0 bridgehead atoms. The highest BCUT2D eigenvalue weighted by molar-refractivity contribution is 5.79. The van der Waals surface area contributed by atoms with Crippen molar-refractivity contribution in [3.8, 4) is 5.82 Å². The molecule has 0 saturated carbocycles. The summed E-state index contributed by atoms with van der Waals surface area (Å²) in [5.74, 6) is 2.04. The van der Waals surface area contributed by atoms with Gasteiger partial charge in [-0.2, -0.15) is 5.10 Å². The summed E-state index contributed by atoms with van der Waals surface area (Å²) < 4.78 is 7.12. The zero-order valence-corrected chi connectivity index (χ0v) is 15.0. The van der Waals surface area contributed by atoms with Crippen LogP contribution in [-0.4, -0.2) is 69.9 Å². The third kappa shape index (κ3) is 3.55. The molecule has 0 aromatic carbocycles. The summed E-state index contributed by atoms with van der Waals surface area (Å²) in [7, 11) is 0. The Kier molecular flexibility index (Phi) is 4.83. The number of carbonyl (C=O) groups excluding carboxylic acids is 1. The van der Waals surface area contributed by atoms with Crippen LogP contribution in [0, 0.1) is 12.8 Å². The highest BCUT2D eigenvalue weighted by Gasteiger charge is 2.29. The lowest BCUT2D eigenvalue weighted by Gasteiger charge is -2.37. The SMILES string of the molecule is Cc1ccn(-c2cc(N3CCN(C(=O)C4CCOCC4)CC3)ncn2)n1. The Bertz CT molecular complexity index is 763. The van der Waals surface area contributed by atoms with Crippen LogP contribution in [0.1, 0.15) is 18.5 Å². The quantitative estimate of drug-likeness (QED) is 0.818. The van der Waals surface area contributed by atoms with Crippen molar-refractivity contribution in [2.45, 2.75) is 19.8 Å². The number of ether oxygens (including phenoxy) is 1. The molecule has 26 heavy (non-hydrogen) atoms. The van der Waals surface area contributed by atoms with Gasteiger partial charge in [-0.05, 0) is 25.8 Å². The monoisotopic (exact) mass is 356 g/mol. The Hall–Kier alpha value is -2.48. The lowest BCUT2D eigenvalue weighted by Crippen LogP contribution is -2.51. The lowest BCUT2D eigenvalue weighted by molar-refractivity contribution is -0.138. The second-order valence-corrected chi connectivity index (χ2v) is 6.84. The van der Waals surface area contributed by atoms with Gasteiger partial charge in [-0.1, -0.05) is 0 Å². The van der Waals surface area contributed by atoms with Gasteiger partial charge in [-0.15, -0.1) is 0 Å². The first-order valence-corrected chi connectivity index (χ1v) is 9.17. The van der Waals surface area contributed by atoms with Crippen molar-refractivity contribution >= 4 is 11.7 Å². The van der Waals surface area contributed by atoms with E-state index in [1.165, 1.54) is 0 Å². The number of hydrogen-bond donors (Lipinski definition) is 0. The van der Waals surface area contributed by atoms with Crippen LogP contribution in [0.4, 0.5) is 5.82 Å². The lowest BCUT2D eigenvalue weighted by atomic mass is 9.98. The Morgan fingerprint density at radius 1 is 1.12 bits per heavy atom. The summed E-state index contributed by atoms with van der Waals surface area (Å²) in [6, 6.07) is 3.89. The highest BCUT2D eigenvalue weighted by atomic mass is 16.5. The van der Waals surface area contributed by atoms with Gasteiger partial charge in [0.2, 0.25) is 5.91 Å². The zero-order valence-electron chi connectivity index (χ0n) is 15.0. The number of rotatable bonds is 3. The number of aromatic nitrogens is 4. The van der Waals surface area contributed by atoms with Crippen LogP contribution in [0.3, 0.4) is 0 Å². The second-order valence-electron chi connectivity index (χ2n) is 6.84. The minimum Gasteiger partial charge on any atom is -0.381 e. The second kappa shape index (κ2) is 7.41. The van der Waals surface area contributed by atoms with E-state index in [4.69, 9.17) is 4.74 Å². The number of anilines is 1. The third-order valence-electron chi connectivity index (χ3n) is 5.08. The molecule has 2 saturated heterocycles. The van der Waals surface area contributed by atoms with Crippen LogP contribution in [0.2, 0.25) is 0 Å². The van der Waals surface area contributed by atoms with Gasteiger partial charge in [0.05, 0.1) is 5.69 Å². The van der Waals surface area contributed by atoms with Gasteiger partial charge in [0.1, 0.15) is 12.1 Å². The third-order valence-corrected chi connectivity index (χ3v) is 5.08. The maximum atomic E-state index is 12.7. The maximum Gasteiger partial charge on any atom is 0.225 e. The molecule has 2 aliphatic heterocycles. The Morgan fingerprint density at radius 3 is 2.54 bits per heavy atom. The first-order chi connectivity index (χ1) is 12.7. The number of carbonyl (C=O) groups is 1. The molecule has 8 nitrogen and oxygen atoms in total. The van der Waals surface area contributed by atoms with Crippen molar-refractivity contribution in [3.05, 3.63) is 30.4 Å². The van der Waals surface area contributed by atoms with E-state index in [1.807, 2.05) is 30.2 Å². The molecular formula is C18H24N6O2. The molecule has 4 rings (SSSR count). The van der Waals surface area contributed by atoms with Crippen LogP contribution < -0.4 is 4.90 Å². The number of hydrogen-bond acceptors (Lipinski definition) is 6. The van der Waals surface area contributed by atoms with Crippen molar-refractivity contribution in [2.24, 2.45) is 5.92 Å². The van der Waals surface area contributed by atoms with Crippen LogP contribution in [0.5, 0.6) is 0 Å². The molecule has 0 N–H and O–H groups in total. The average Bonchev–Trinajstić information content (AvgIpc) is 3.15. The summed E-state index contributed by atoms with van der Waals surface area (Å²) in [6.45, 7) is 6.38. The summed E-state index contributed by atoms with van der Waals surface area (Å²) >= 11 is 0. The molecule has 2 aromatic heterocycles. The number of aryl methyl sites for hydroxylation is 1. The van der Waals surface area contributed by atoms with Crippen molar-refractivity contribution in [1.82, 2.24) is 24.6 Å². The number of piperazine rings is 1. The normalized spacial score (nSPS) is 19.0.